The molecule has 106 valence electrons. The summed E-state index contributed by atoms with van der Waals surface area (Å²) >= 11 is 0. The zero-order valence-electron chi connectivity index (χ0n) is 12.0. The Kier molecular flexibility index (Phi) is 6.97. The van der Waals surface area contributed by atoms with Crippen molar-refractivity contribution in [2.45, 2.75) is 33.2 Å². The van der Waals surface area contributed by atoms with Crippen LogP contribution in [0.2, 0.25) is 0 Å². The van der Waals surface area contributed by atoms with Gasteiger partial charge in [-0.2, -0.15) is 0 Å². The number of carbonyl (C=O) groups is 1. The number of nitrogens with one attached hydrogen (secondary N) is 2. The molecule has 0 aliphatic carbocycles. The van der Waals surface area contributed by atoms with E-state index < -0.39 is 0 Å². The van der Waals surface area contributed by atoms with Crippen LogP contribution in [0.3, 0.4) is 0 Å². The number of hydrogen-bond acceptors (Lipinski definition) is 3. The minimum atomic E-state index is 0.0499. The van der Waals surface area contributed by atoms with Gasteiger partial charge in [0.1, 0.15) is 5.75 Å². The number of amides is 1. The predicted octanol–water partition coefficient (Wildman–Crippen LogP) is 1.74. The molecule has 0 saturated carbocycles. The second-order valence-corrected chi connectivity index (χ2v) is 4.52. The lowest BCUT2D eigenvalue weighted by molar-refractivity contribution is -0.120. The maximum atomic E-state index is 11.8. The molecule has 0 aromatic heterocycles. The molecule has 1 amide bonds. The lowest BCUT2D eigenvalue weighted by Crippen LogP contribution is -2.39. The average molecular weight is 264 g/mol. The highest BCUT2D eigenvalue weighted by Gasteiger charge is 2.05. The molecule has 1 aromatic carbocycles. The van der Waals surface area contributed by atoms with Crippen LogP contribution in [0.4, 0.5) is 0 Å². The third kappa shape index (κ3) is 6.25. The fraction of sp³-hybridized carbons (Fsp3) is 0.533. The van der Waals surface area contributed by atoms with Gasteiger partial charge in [0.25, 0.3) is 0 Å². The summed E-state index contributed by atoms with van der Waals surface area (Å²) in [6, 6.07) is 7.95. The molecule has 2 N–H and O–H groups in total. The fourth-order valence-electron chi connectivity index (χ4n) is 1.81. The molecule has 0 unspecified atom stereocenters. The standard InChI is InChI=1S/C15H24N2O2/c1-4-16-12(3)11-17-15(18)10-13-6-8-14(9-7-13)19-5-2/h6-9,12,16H,4-5,10-11H2,1-3H3,(H,17,18)/t12-/m1/s1. The largest absolute Gasteiger partial charge is 0.494 e. The monoisotopic (exact) mass is 264 g/mol. The van der Waals surface area contributed by atoms with Crippen molar-refractivity contribution in [3.63, 3.8) is 0 Å². The van der Waals surface area contributed by atoms with Crippen LogP contribution in [0.15, 0.2) is 24.3 Å². The SMILES string of the molecule is CCN[C@H](C)CNC(=O)Cc1ccc(OCC)cc1. The van der Waals surface area contributed by atoms with Crippen molar-refractivity contribution >= 4 is 5.91 Å². The zero-order valence-corrected chi connectivity index (χ0v) is 12.0. The van der Waals surface area contributed by atoms with Crippen LogP contribution in [-0.2, 0) is 11.2 Å². The van der Waals surface area contributed by atoms with Crippen LogP contribution < -0.4 is 15.4 Å². The summed E-state index contributed by atoms with van der Waals surface area (Å²) in [6.07, 6.45) is 0.408. The minimum Gasteiger partial charge on any atom is -0.494 e. The Morgan fingerprint density at radius 3 is 2.53 bits per heavy atom. The van der Waals surface area contributed by atoms with E-state index in [-0.39, 0.29) is 5.91 Å². The second kappa shape index (κ2) is 8.53. The van der Waals surface area contributed by atoms with Gasteiger partial charge in [-0.25, -0.2) is 0 Å². The quantitative estimate of drug-likeness (QED) is 0.752. The number of carbonyl (C=O) groups excluding carboxylic acids is 1. The molecule has 19 heavy (non-hydrogen) atoms. The Morgan fingerprint density at radius 1 is 1.26 bits per heavy atom. The summed E-state index contributed by atoms with van der Waals surface area (Å²) < 4.78 is 5.36. The van der Waals surface area contributed by atoms with Gasteiger partial charge in [-0.15, -0.1) is 0 Å². The maximum Gasteiger partial charge on any atom is 0.224 e. The second-order valence-electron chi connectivity index (χ2n) is 4.52. The third-order valence-electron chi connectivity index (χ3n) is 2.76. The molecule has 0 bridgehead atoms. The molecule has 4 nitrogen and oxygen atoms in total. The number of ether oxygens (including phenoxy) is 1. The zero-order chi connectivity index (χ0) is 14.1. The number of benzene rings is 1. The third-order valence-corrected chi connectivity index (χ3v) is 2.76. The highest BCUT2D eigenvalue weighted by molar-refractivity contribution is 5.78. The van der Waals surface area contributed by atoms with Crippen LogP contribution >= 0.6 is 0 Å². The van der Waals surface area contributed by atoms with Gasteiger partial charge in [-0.3, -0.25) is 4.79 Å². The highest BCUT2D eigenvalue weighted by atomic mass is 16.5. The molecular weight excluding hydrogens is 240 g/mol. The van der Waals surface area contributed by atoms with Crippen molar-refractivity contribution in [3.8, 4) is 5.75 Å². The van der Waals surface area contributed by atoms with E-state index in [9.17, 15) is 4.79 Å². The molecule has 0 aliphatic rings. The van der Waals surface area contributed by atoms with Crippen molar-refractivity contribution < 1.29 is 9.53 Å². The summed E-state index contributed by atoms with van der Waals surface area (Å²) in [5, 5.41) is 6.18. The van der Waals surface area contributed by atoms with Crippen LogP contribution in [0.1, 0.15) is 26.3 Å². The summed E-state index contributed by atoms with van der Waals surface area (Å²) in [7, 11) is 0. The molecule has 0 heterocycles. The molecule has 0 spiro atoms. The molecule has 4 heteroatoms. The van der Waals surface area contributed by atoms with Crippen LogP contribution in [0.25, 0.3) is 0 Å². The highest BCUT2D eigenvalue weighted by Crippen LogP contribution is 2.12. The topological polar surface area (TPSA) is 50.4 Å². The Hall–Kier alpha value is -1.55. The van der Waals surface area contributed by atoms with Crippen molar-refractivity contribution in [1.29, 1.82) is 0 Å². The molecule has 1 atom stereocenters. The van der Waals surface area contributed by atoms with E-state index >= 15 is 0 Å². The van der Waals surface area contributed by atoms with Crippen LogP contribution in [0.5, 0.6) is 5.75 Å². The van der Waals surface area contributed by atoms with Gasteiger partial charge in [-0.1, -0.05) is 19.1 Å². The Bertz CT molecular complexity index is 376. The summed E-state index contributed by atoms with van der Waals surface area (Å²) in [5.74, 6) is 0.890. The first-order valence-electron chi connectivity index (χ1n) is 6.87. The molecule has 0 aliphatic heterocycles. The Morgan fingerprint density at radius 2 is 1.95 bits per heavy atom. The Balaban J connectivity index is 2.35. The van der Waals surface area contributed by atoms with E-state index in [1.165, 1.54) is 0 Å². The summed E-state index contributed by atoms with van der Waals surface area (Å²) in [5.41, 5.74) is 0.997. The molecule has 0 fully saturated rings. The Labute approximate surface area is 115 Å². The minimum absolute atomic E-state index is 0.0499. The van der Waals surface area contributed by atoms with Crippen molar-refractivity contribution in [2.75, 3.05) is 19.7 Å². The van der Waals surface area contributed by atoms with Gasteiger partial charge in [0, 0.05) is 12.6 Å². The van der Waals surface area contributed by atoms with Gasteiger partial charge in [0.2, 0.25) is 5.91 Å². The van der Waals surface area contributed by atoms with Gasteiger partial charge < -0.3 is 15.4 Å². The van der Waals surface area contributed by atoms with Gasteiger partial charge in [0.15, 0.2) is 0 Å². The molecule has 0 saturated heterocycles. The molecule has 0 radical (unpaired) electrons. The maximum absolute atomic E-state index is 11.8. The number of likely N-dealkylation sites (N-methyl/N-ethyl adjacent to an activating group) is 1. The normalized spacial score (nSPS) is 11.9. The van der Waals surface area contributed by atoms with Gasteiger partial charge in [-0.05, 0) is 38.1 Å². The van der Waals surface area contributed by atoms with Crippen molar-refractivity contribution in [1.82, 2.24) is 10.6 Å². The molecule has 1 aromatic rings. The van der Waals surface area contributed by atoms with E-state index in [0.29, 0.717) is 25.6 Å². The summed E-state index contributed by atoms with van der Waals surface area (Å²) in [6.45, 7) is 8.29. The number of rotatable bonds is 8. The average Bonchev–Trinajstić information content (AvgIpc) is 2.39. The first-order valence-corrected chi connectivity index (χ1v) is 6.87. The van der Waals surface area contributed by atoms with E-state index in [4.69, 9.17) is 4.74 Å². The van der Waals surface area contributed by atoms with Crippen molar-refractivity contribution in [2.24, 2.45) is 0 Å². The van der Waals surface area contributed by atoms with Crippen molar-refractivity contribution in [3.05, 3.63) is 29.8 Å². The predicted molar refractivity (Wildman–Crippen MR) is 77.5 cm³/mol. The van der Waals surface area contributed by atoms with Gasteiger partial charge in [0.05, 0.1) is 13.0 Å². The lowest BCUT2D eigenvalue weighted by Gasteiger charge is -2.13. The number of hydrogen-bond donors (Lipinski definition) is 2. The first kappa shape index (κ1) is 15.5. The van der Waals surface area contributed by atoms with Crippen LogP contribution in [0, 0.1) is 0 Å². The summed E-state index contributed by atoms with van der Waals surface area (Å²) in [4.78, 5) is 11.8. The molecular formula is C15H24N2O2. The lowest BCUT2D eigenvalue weighted by atomic mass is 10.1. The van der Waals surface area contributed by atoms with Crippen LogP contribution in [-0.4, -0.2) is 31.6 Å². The van der Waals surface area contributed by atoms with E-state index in [0.717, 1.165) is 17.9 Å². The van der Waals surface area contributed by atoms with E-state index in [2.05, 4.69) is 24.5 Å². The molecule has 1 rings (SSSR count). The fourth-order valence-corrected chi connectivity index (χ4v) is 1.81. The van der Waals surface area contributed by atoms with E-state index in [1.54, 1.807) is 0 Å². The van der Waals surface area contributed by atoms with E-state index in [1.807, 2.05) is 31.2 Å². The smallest absolute Gasteiger partial charge is 0.224 e. The van der Waals surface area contributed by atoms with Gasteiger partial charge >= 0.3 is 0 Å². The first-order chi connectivity index (χ1) is 9.15.